The summed E-state index contributed by atoms with van der Waals surface area (Å²) in [5, 5.41) is 0. The van der Waals surface area contributed by atoms with E-state index < -0.39 is 0 Å². The van der Waals surface area contributed by atoms with Crippen LogP contribution >= 0.6 is 0 Å². The van der Waals surface area contributed by atoms with Crippen molar-refractivity contribution in [2.24, 2.45) is 5.41 Å². The predicted molar refractivity (Wildman–Crippen MR) is 70.9 cm³/mol. The number of hydrogen-bond donors (Lipinski definition) is 0. The van der Waals surface area contributed by atoms with Crippen LogP contribution in [0.1, 0.15) is 32.8 Å². The topological polar surface area (TPSA) is 0 Å². The van der Waals surface area contributed by atoms with Crippen molar-refractivity contribution in [2.75, 3.05) is 0 Å². The van der Waals surface area contributed by atoms with Gasteiger partial charge in [-0.2, -0.15) is 0 Å². The lowest BCUT2D eigenvalue weighted by Gasteiger charge is -2.30. The van der Waals surface area contributed by atoms with Gasteiger partial charge in [-0.15, -0.1) is 0 Å². The molecule has 0 spiro atoms. The fraction of sp³-hybridized carbons (Fsp3) is 0.312. The van der Waals surface area contributed by atoms with Crippen LogP contribution in [0.3, 0.4) is 0 Å². The number of hydrogen-bond acceptors (Lipinski definition) is 0. The first-order valence-corrected chi connectivity index (χ1v) is 5.86. The first-order chi connectivity index (χ1) is 7.57. The van der Waals surface area contributed by atoms with Crippen molar-refractivity contribution in [2.45, 2.75) is 27.2 Å². The van der Waals surface area contributed by atoms with E-state index in [1.807, 2.05) is 0 Å². The molecule has 0 unspecified atom stereocenters. The van der Waals surface area contributed by atoms with Gasteiger partial charge in [0.2, 0.25) is 0 Å². The van der Waals surface area contributed by atoms with Gasteiger partial charge in [0.1, 0.15) is 0 Å². The molecule has 0 heteroatoms. The standard InChI is InChI=1S/C16H19/c1-16(2,3)15-11-7-10-14(12-15)13-8-5-4-6-9-13/h4-11H,12H2,1-3H3. The van der Waals surface area contributed by atoms with Crippen molar-refractivity contribution >= 4 is 5.57 Å². The van der Waals surface area contributed by atoms with Crippen molar-refractivity contribution < 1.29 is 0 Å². The molecule has 0 aliphatic heterocycles. The minimum absolute atomic E-state index is 0.269. The van der Waals surface area contributed by atoms with Crippen LogP contribution in [-0.2, 0) is 0 Å². The van der Waals surface area contributed by atoms with Gasteiger partial charge in [-0.1, -0.05) is 69.3 Å². The van der Waals surface area contributed by atoms with E-state index in [2.05, 4.69) is 69.3 Å². The number of benzene rings is 1. The summed E-state index contributed by atoms with van der Waals surface area (Å²) in [5.74, 6) is 1.51. The minimum Gasteiger partial charge on any atom is -0.0765 e. The zero-order valence-corrected chi connectivity index (χ0v) is 10.3. The lowest BCUT2D eigenvalue weighted by Crippen LogP contribution is -2.17. The molecule has 0 saturated carbocycles. The van der Waals surface area contributed by atoms with E-state index >= 15 is 0 Å². The maximum Gasteiger partial charge on any atom is 0.00731 e. The summed E-state index contributed by atoms with van der Waals surface area (Å²) < 4.78 is 0. The molecule has 2 rings (SSSR count). The molecule has 0 bridgehead atoms. The molecule has 0 N–H and O–H groups in total. The molecule has 0 atom stereocenters. The van der Waals surface area contributed by atoms with E-state index in [1.54, 1.807) is 0 Å². The highest BCUT2D eigenvalue weighted by molar-refractivity contribution is 5.71. The lowest BCUT2D eigenvalue weighted by molar-refractivity contribution is 0.445. The normalized spacial score (nSPS) is 17.3. The Morgan fingerprint density at radius 2 is 1.69 bits per heavy atom. The molecule has 0 saturated heterocycles. The molecule has 1 radical (unpaired) electrons. The Kier molecular flexibility index (Phi) is 3.00. The van der Waals surface area contributed by atoms with E-state index in [1.165, 1.54) is 17.1 Å². The van der Waals surface area contributed by atoms with Gasteiger partial charge in [0, 0.05) is 5.92 Å². The summed E-state index contributed by atoms with van der Waals surface area (Å²) in [7, 11) is 0. The quantitative estimate of drug-likeness (QED) is 0.634. The second-order valence-electron chi connectivity index (χ2n) is 5.37. The molecule has 1 aromatic rings. The van der Waals surface area contributed by atoms with E-state index in [9.17, 15) is 0 Å². The van der Waals surface area contributed by atoms with Crippen LogP contribution in [0.15, 0.2) is 48.6 Å². The average molecular weight is 211 g/mol. The second-order valence-corrected chi connectivity index (χ2v) is 5.37. The third-order valence-corrected chi connectivity index (χ3v) is 3.08. The molecule has 0 aromatic heterocycles. The third kappa shape index (κ3) is 2.44. The molecule has 1 aliphatic rings. The molecule has 0 amide bonds. The smallest absolute Gasteiger partial charge is 0.00731 e. The van der Waals surface area contributed by atoms with Gasteiger partial charge in [-0.25, -0.2) is 0 Å². The van der Waals surface area contributed by atoms with E-state index in [0.29, 0.717) is 0 Å². The monoisotopic (exact) mass is 211 g/mol. The molecule has 83 valence electrons. The van der Waals surface area contributed by atoms with E-state index in [4.69, 9.17) is 0 Å². The Labute approximate surface area is 98.7 Å². The predicted octanol–water partition coefficient (Wildman–Crippen LogP) is 4.65. The minimum atomic E-state index is 0.269. The van der Waals surface area contributed by atoms with Gasteiger partial charge in [-0.3, -0.25) is 0 Å². The molecular formula is C16H19. The Morgan fingerprint density at radius 3 is 2.31 bits per heavy atom. The molecule has 16 heavy (non-hydrogen) atoms. The molecular weight excluding hydrogens is 192 g/mol. The number of rotatable bonds is 1. The maximum atomic E-state index is 2.28. The zero-order chi connectivity index (χ0) is 11.6. The van der Waals surface area contributed by atoms with Crippen LogP contribution in [0.4, 0.5) is 0 Å². The number of allylic oxidation sites excluding steroid dienone is 4. The molecule has 0 heterocycles. The van der Waals surface area contributed by atoms with Crippen LogP contribution in [-0.4, -0.2) is 0 Å². The van der Waals surface area contributed by atoms with Crippen LogP contribution < -0.4 is 0 Å². The highest BCUT2D eigenvalue weighted by atomic mass is 14.3. The van der Waals surface area contributed by atoms with Crippen molar-refractivity contribution in [1.82, 2.24) is 0 Å². The summed E-state index contributed by atoms with van der Waals surface area (Å²) in [6.45, 7) is 6.84. The first-order valence-electron chi connectivity index (χ1n) is 5.86. The molecule has 1 aromatic carbocycles. The summed E-state index contributed by atoms with van der Waals surface area (Å²) in [5.41, 5.74) is 3.03. The zero-order valence-electron chi connectivity index (χ0n) is 10.3. The van der Waals surface area contributed by atoms with Crippen molar-refractivity contribution in [3.05, 3.63) is 60.0 Å². The van der Waals surface area contributed by atoms with Crippen LogP contribution in [0.25, 0.3) is 5.57 Å². The first kappa shape index (κ1) is 11.2. The average Bonchev–Trinajstić information content (AvgIpc) is 2.29. The Morgan fingerprint density at radius 1 is 1.00 bits per heavy atom. The van der Waals surface area contributed by atoms with Gasteiger partial charge < -0.3 is 0 Å². The van der Waals surface area contributed by atoms with Gasteiger partial charge in [-0.05, 0) is 23.0 Å². The van der Waals surface area contributed by atoms with Crippen LogP contribution in [0.5, 0.6) is 0 Å². The van der Waals surface area contributed by atoms with Crippen molar-refractivity contribution in [1.29, 1.82) is 0 Å². The largest absolute Gasteiger partial charge is 0.0765 e. The Balaban J connectivity index is 2.21. The Hall–Kier alpha value is -1.30. The molecule has 1 aliphatic carbocycles. The fourth-order valence-corrected chi connectivity index (χ4v) is 1.97. The third-order valence-electron chi connectivity index (χ3n) is 3.08. The van der Waals surface area contributed by atoms with E-state index in [-0.39, 0.29) is 5.41 Å². The van der Waals surface area contributed by atoms with Gasteiger partial charge in [0.15, 0.2) is 0 Å². The van der Waals surface area contributed by atoms with Gasteiger partial charge in [0.05, 0.1) is 0 Å². The van der Waals surface area contributed by atoms with Crippen LogP contribution in [0, 0.1) is 11.3 Å². The van der Waals surface area contributed by atoms with Gasteiger partial charge >= 0.3 is 0 Å². The lowest BCUT2D eigenvalue weighted by atomic mass is 9.74. The maximum absolute atomic E-state index is 2.28. The summed E-state index contributed by atoms with van der Waals surface area (Å²) in [6, 6.07) is 10.6. The van der Waals surface area contributed by atoms with Crippen LogP contribution in [0.2, 0.25) is 0 Å². The highest BCUT2D eigenvalue weighted by Crippen LogP contribution is 2.39. The van der Waals surface area contributed by atoms with E-state index in [0.717, 1.165) is 6.42 Å². The highest BCUT2D eigenvalue weighted by Gasteiger charge is 2.25. The summed E-state index contributed by atoms with van der Waals surface area (Å²) >= 11 is 0. The van der Waals surface area contributed by atoms with Crippen molar-refractivity contribution in [3.63, 3.8) is 0 Å². The molecule has 0 nitrogen and oxygen atoms in total. The van der Waals surface area contributed by atoms with Gasteiger partial charge in [0.25, 0.3) is 0 Å². The summed E-state index contributed by atoms with van der Waals surface area (Å²) in [6.07, 6.45) is 7.73. The second kappa shape index (κ2) is 4.29. The fourth-order valence-electron chi connectivity index (χ4n) is 1.97. The Bertz CT molecular complexity index is 401. The van der Waals surface area contributed by atoms with Crippen molar-refractivity contribution in [3.8, 4) is 0 Å². The summed E-state index contributed by atoms with van der Waals surface area (Å²) in [4.78, 5) is 0. The molecule has 0 fully saturated rings. The SMILES string of the molecule is CC(C)(C)[C]1C=CC=C(c2ccccc2)C1.